The van der Waals surface area contributed by atoms with E-state index < -0.39 is 18.6 Å². The first-order valence-electron chi connectivity index (χ1n) is 8.01. The van der Waals surface area contributed by atoms with Gasteiger partial charge in [0, 0.05) is 6.54 Å². The van der Waals surface area contributed by atoms with Crippen molar-refractivity contribution < 1.29 is 14.0 Å². The number of aryl methyl sites for hydroxylation is 2. The smallest absolute Gasteiger partial charge is 0.315 e. The predicted molar refractivity (Wildman–Crippen MR) is 87.0 cm³/mol. The Labute approximate surface area is 136 Å². The van der Waals surface area contributed by atoms with Crippen LogP contribution in [0.25, 0.3) is 0 Å². The summed E-state index contributed by atoms with van der Waals surface area (Å²) in [5.74, 6) is -0.391. The highest BCUT2D eigenvalue weighted by Crippen LogP contribution is 2.30. The maximum absolute atomic E-state index is 12.1. The number of fused-ring (bicyclic) bond motifs is 1. The van der Waals surface area contributed by atoms with Crippen molar-refractivity contribution in [2.45, 2.75) is 45.2 Å². The van der Waals surface area contributed by atoms with Crippen LogP contribution < -0.4 is 16.0 Å². The Balaban J connectivity index is 1.94. The predicted octanol–water partition coefficient (Wildman–Crippen LogP) is 2.15. The molecule has 0 heterocycles. The average molecular weight is 321 g/mol. The third-order valence-corrected chi connectivity index (χ3v) is 4.06. The second-order valence-electron chi connectivity index (χ2n) is 5.97. The van der Waals surface area contributed by atoms with Crippen molar-refractivity contribution in [3.8, 4) is 0 Å². The van der Waals surface area contributed by atoms with Gasteiger partial charge in [0.05, 0.1) is 6.04 Å². The fourth-order valence-electron chi connectivity index (χ4n) is 2.85. The third kappa shape index (κ3) is 4.68. The molecule has 0 bridgehead atoms. The second-order valence-corrected chi connectivity index (χ2v) is 5.97. The molecule has 0 aliphatic heterocycles. The van der Waals surface area contributed by atoms with Gasteiger partial charge >= 0.3 is 6.03 Å². The van der Waals surface area contributed by atoms with E-state index >= 15 is 0 Å². The molecule has 2 rings (SSSR count). The lowest BCUT2D eigenvalue weighted by Crippen LogP contribution is -2.49. The van der Waals surface area contributed by atoms with Gasteiger partial charge in [-0.05, 0) is 44.2 Å². The van der Waals surface area contributed by atoms with Gasteiger partial charge in [-0.15, -0.1) is 0 Å². The van der Waals surface area contributed by atoms with Gasteiger partial charge in [-0.25, -0.2) is 9.18 Å². The SMILES string of the molecule is Cc1ccc2c(c1)[C@H](NC(=O)N[C@H](C)C(=O)NCCF)CCC2. The highest BCUT2D eigenvalue weighted by atomic mass is 19.1. The van der Waals surface area contributed by atoms with Gasteiger partial charge in [0.2, 0.25) is 5.91 Å². The standard InChI is InChI=1S/C17H24FN3O2/c1-11-6-7-13-4-3-5-15(14(13)10-11)21-17(23)20-12(2)16(22)19-9-8-18/h6-7,10,12,15H,3-5,8-9H2,1-2H3,(H,19,22)(H2,20,21,23)/t12-,15-/m1/s1. The minimum absolute atomic E-state index is 0.0399. The number of urea groups is 1. The third-order valence-electron chi connectivity index (χ3n) is 4.06. The van der Waals surface area contributed by atoms with Crippen LogP contribution in [-0.2, 0) is 11.2 Å². The van der Waals surface area contributed by atoms with Crippen molar-refractivity contribution in [2.75, 3.05) is 13.2 Å². The van der Waals surface area contributed by atoms with Crippen LogP contribution in [0.1, 0.15) is 42.5 Å². The Morgan fingerprint density at radius 2 is 2.17 bits per heavy atom. The van der Waals surface area contributed by atoms with Crippen molar-refractivity contribution in [2.24, 2.45) is 0 Å². The van der Waals surface area contributed by atoms with E-state index in [0.29, 0.717) is 0 Å². The van der Waals surface area contributed by atoms with Crippen molar-refractivity contribution in [1.82, 2.24) is 16.0 Å². The van der Waals surface area contributed by atoms with Crippen molar-refractivity contribution in [1.29, 1.82) is 0 Å². The van der Waals surface area contributed by atoms with Crippen LogP contribution in [0, 0.1) is 6.92 Å². The number of carbonyl (C=O) groups is 2. The largest absolute Gasteiger partial charge is 0.352 e. The molecule has 0 saturated carbocycles. The Morgan fingerprint density at radius 1 is 1.39 bits per heavy atom. The molecule has 1 aromatic carbocycles. The van der Waals surface area contributed by atoms with E-state index in [1.165, 1.54) is 5.56 Å². The van der Waals surface area contributed by atoms with E-state index in [1.54, 1.807) is 6.92 Å². The molecule has 0 unspecified atom stereocenters. The molecule has 0 saturated heterocycles. The molecule has 0 spiro atoms. The molecule has 1 aliphatic rings. The van der Waals surface area contributed by atoms with Crippen LogP contribution >= 0.6 is 0 Å². The van der Waals surface area contributed by atoms with Gasteiger partial charge in [-0.2, -0.15) is 0 Å². The van der Waals surface area contributed by atoms with Crippen LogP contribution in [0.3, 0.4) is 0 Å². The van der Waals surface area contributed by atoms with Gasteiger partial charge in [-0.3, -0.25) is 4.79 Å². The van der Waals surface area contributed by atoms with Crippen LogP contribution in [0.4, 0.5) is 9.18 Å². The summed E-state index contributed by atoms with van der Waals surface area (Å²) < 4.78 is 12.0. The Hall–Kier alpha value is -2.11. The zero-order valence-electron chi connectivity index (χ0n) is 13.6. The summed E-state index contributed by atoms with van der Waals surface area (Å²) in [7, 11) is 0. The summed E-state index contributed by atoms with van der Waals surface area (Å²) in [5.41, 5.74) is 3.58. The number of rotatable bonds is 5. The van der Waals surface area contributed by atoms with Gasteiger partial charge < -0.3 is 16.0 Å². The zero-order valence-corrected chi connectivity index (χ0v) is 13.6. The zero-order chi connectivity index (χ0) is 16.8. The number of alkyl halides is 1. The number of hydrogen-bond donors (Lipinski definition) is 3. The van der Waals surface area contributed by atoms with E-state index in [2.05, 4.69) is 34.1 Å². The van der Waals surface area contributed by atoms with E-state index in [0.717, 1.165) is 30.4 Å². The molecular weight excluding hydrogens is 297 g/mol. The lowest BCUT2D eigenvalue weighted by Gasteiger charge is -2.27. The number of benzene rings is 1. The fraction of sp³-hybridized carbons (Fsp3) is 0.529. The quantitative estimate of drug-likeness (QED) is 0.778. The van der Waals surface area contributed by atoms with Gasteiger partial charge in [0.1, 0.15) is 12.7 Å². The summed E-state index contributed by atoms with van der Waals surface area (Å²) in [6.45, 7) is 2.94. The lowest BCUT2D eigenvalue weighted by atomic mass is 9.87. The van der Waals surface area contributed by atoms with Crippen LogP contribution in [0.5, 0.6) is 0 Å². The lowest BCUT2D eigenvalue weighted by molar-refractivity contribution is -0.122. The van der Waals surface area contributed by atoms with E-state index in [1.807, 2.05) is 6.92 Å². The first-order chi connectivity index (χ1) is 11.0. The molecule has 0 aromatic heterocycles. The van der Waals surface area contributed by atoms with Crippen molar-refractivity contribution in [3.05, 3.63) is 34.9 Å². The number of amides is 3. The number of nitrogens with one attached hydrogen (secondary N) is 3. The molecule has 5 nitrogen and oxygen atoms in total. The second kappa shape index (κ2) is 7.94. The van der Waals surface area contributed by atoms with Crippen molar-refractivity contribution >= 4 is 11.9 Å². The molecule has 3 amide bonds. The van der Waals surface area contributed by atoms with Gasteiger partial charge in [0.25, 0.3) is 0 Å². The monoisotopic (exact) mass is 321 g/mol. The summed E-state index contributed by atoms with van der Waals surface area (Å²) in [6, 6.07) is 5.17. The van der Waals surface area contributed by atoms with E-state index in [-0.39, 0.29) is 18.6 Å². The number of hydrogen-bond acceptors (Lipinski definition) is 2. The van der Waals surface area contributed by atoms with Crippen LogP contribution in [0.15, 0.2) is 18.2 Å². The molecule has 2 atom stereocenters. The maximum atomic E-state index is 12.1. The molecule has 0 fully saturated rings. The molecule has 3 N–H and O–H groups in total. The van der Waals surface area contributed by atoms with Crippen LogP contribution in [0.2, 0.25) is 0 Å². The van der Waals surface area contributed by atoms with Gasteiger partial charge in [0.15, 0.2) is 0 Å². The minimum Gasteiger partial charge on any atom is -0.352 e. The Morgan fingerprint density at radius 3 is 2.91 bits per heavy atom. The molecule has 1 aliphatic carbocycles. The molecule has 0 radical (unpaired) electrons. The normalized spacial score (nSPS) is 17.8. The highest BCUT2D eigenvalue weighted by Gasteiger charge is 2.23. The van der Waals surface area contributed by atoms with Gasteiger partial charge in [-0.1, -0.05) is 23.8 Å². The Kier molecular flexibility index (Phi) is 5.96. The minimum atomic E-state index is -0.706. The summed E-state index contributed by atoms with van der Waals surface area (Å²) in [5, 5.41) is 7.94. The first-order valence-corrected chi connectivity index (χ1v) is 8.01. The molecule has 126 valence electrons. The van der Waals surface area contributed by atoms with E-state index in [9.17, 15) is 14.0 Å². The van der Waals surface area contributed by atoms with E-state index in [4.69, 9.17) is 0 Å². The molecule has 6 heteroatoms. The summed E-state index contributed by atoms with van der Waals surface area (Å²) in [4.78, 5) is 23.8. The molecular formula is C17H24FN3O2. The summed E-state index contributed by atoms with van der Waals surface area (Å²) >= 11 is 0. The maximum Gasteiger partial charge on any atom is 0.315 e. The molecule has 23 heavy (non-hydrogen) atoms. The van der Waals surface area contributed by atoms with Crippen molar-refractivity contribution in [3.63, 3.8) is 0 Å². The fourth-order valence-corrected chi connectivity index (χ4v) is 2.85. The summed E-state index contributed by atoms with van der Waals surface area (Å²) in [6.07, 6.45) is 2.93. The molecule has 1 aromatic rings. The number of halogens is 1. The topological polar surface area (TPSA) is 70.2 Å². The average Bonchev–Trinajstić information content (AvgIpc) is 2.53. The number of carbonyl (C=O) groups excluding carboxylic acids is 2. The van der Waals surface area contributed by atoms with Crippen LogP contribution in [-0.4, -0.2) is 31.2 Å². The first kappa shape index (κ1) is 17.2. The Bertz CT molecular complexity index is 577. The highest BCUT2D eigenvalue weighted by molar-refractivity contribution is 5.86.